The van der Waals surface area contributed by atoms with Crippen molar-refractivity contribution in [3.05, 3.63) is 23.5 Å². The second kappa shape index (κ2) is 5.71. The fourth-order valence-corrected chi connectivity index (χ4v) is 3.24. The summed E-state index contributed by atoms with van der Waals surface area (Å²) in [5, 5.41) is 5.29. The Bertz CT molecular complexity index is 704. The second-order valence-corrected chi connectivity index (χ2v) is 6.73. The number of pyridine rings is 1. The lowest BCUT2D eigenvalue weighted by molar-refractivity contribution is 0.0685. The number of aryl methyl sites for hydroxylation is 1. The molecule has 3 heterocycles. The van der Waals surface area contributed by atoms with Gasteiger partial charge in [0, 0.05) is 24.8 Å². The van der Waals surface area contributed by atoms with Crippen LogP contribution in [0.3, 0.4) is 0 Å². The van der Waals surface area contributed by atoms with E-state index in [-0.39, 0.29) is 11.9 Å². The Morgan fingerprint density at radius 3 is 2.86 bits per heavy atom. The zero-order valence-electron chi connectivity index (χ0n) is 13.8. The first-order valence-corrected chi connectivity index (χ1v) is 8.11. The average molecular weight is 300 g/mol. The van der Waals surface area contributed by atoms with Crippen molar-refractivity contribution >= 4 is 16.9 Å². The number of nitrogens with zero attached hydrogens (tertiary/aromatic N) is 4. The van der Waals surface area contributed by atoms with Gasteiger partial charge in [-0.25, -0.2) is 9.67 Å². The van der Waals surface area contributed by atoms with E-state index in [0.717, 1.165) is 41.8 Å². The Labute approximate surface area is 131 Å². The minimum Gasteiger partial charge on any atom is -0.338 e. The highest BCUT2D eigenvalue weighted by molar-refractivity contribution is 6.05. The lowest BCUT2D eigenvalue weighted by Crippen LogP contribution is -2.39. The van der Waals surface area contributed by atoms with Crippen LogP contribution >= 0.6 is 0 Å². The molecule has 5 heteroatoms. The van der Waals surface area contributed by atoms with Crippen molar-refractivity contribution < 1.29 is 4.79 Å². The average Bonchev–Trinajstić information content (AvgIpc) is 2.89. The third-order valence-electron chi connectivity index (χ3n) is 4.36. The minimum atomic E-state index is 0.116. The van der Waals surface area contributed by atoms with E-state index >= 15 is 0 Å². The summed E-state index contributed by atoms with van der Waals surface area (Å²) in [4.78, 5) is 19.5. The van der Waals surface area contributed by atoms with Crippen LogP contribution in [0.2, 0.25) is 0 Å². The summed E-state index contributed by atoms with van der Waals surface area (Å²) in [6.45, 7) is 10.00. The molecule has 1 aliphatic heterocycles. The van der Waals surface area contributed by atoms with Crippen LogP contribution in [0.25, 0.3) is 11.0 Å². The van der Waals surface area contributed by atoms with E-state index in [1.807, 2.05) is 22.6 Å². The molecule has 0 radical (unpaired) electrons. The van der Waals surface area contributed by atoms with Crippen LogP contribution in [-0.2, 0) is 0 Å². The van der Waals surface area contributed by atoms with Gasteiger partial charge in [-0.15, -0.1) is 0 Å². The first kappa shape index (κ1) is 15.0. The Balaban J connectivity index is 2.04. The second-order valence-electron chi connectivity index (χ2n) is 6.73. The predicted molar refractivity (Wildman–Crippen MR) is 87.0 cm³/mol. The molecule has 2 aromatic rings. The molecule has 22 heavy (non-hydrogen) atoms. The Morgan fingerprint density at radius 1 is 1.41 bits per heavy atom. The third-order valence-corrected chi connectivity index (χ3v) is 4.36. The molecule has 1 unspecified atom stereocenters. The maximum Gasteiger partial charge on any atom is 0.254 e. The van der Waals surface area contributed by atoms with Gasteiger partial charge in [0.05, 0.1) is 17.1 Å². The maximum absolute atomic E-state index is 13.0. The smallest absolute Gasteiger partial charge is 0.254 e. The van der Waals surface area contributed by atoms with Crippen LogP contribution in [-0.4, -0.2) is 38.7 Å². The number of carbonyl (C=O) groups excluding carboxylic acids is 1. The number of hydrogen-bond acceptors (Lipinski definition) is 3. The van der Waals surface area contributed by atoms with Crippen LogP contribution in [0, 0.1) is 12.8 Å². The number of rotatable bonds is 2. The fourth-order valence-electron chi connectivity index (χ4n) is 3.24. The first-order chi connectivity index (χ1) is 10.5. The lowest BCUT2D eigenvalue weighted by Gasteiger charge is -2.31. The standard InChI is InChI=1S/C17H24N4O/c1-11(2)21-16-15(9-18-21)14(8-13(4)19-16)17(22)20-7-5-6-12(3)10-20/h8-9,11-12H,5-7,10H2,1-4H3. The Kier molecular flexibility index (Phi) is 3.89. The van der Waals surface area contributed by atoms with Crippen molar-refractivity contribution in [2.24, 2.45) is 5.92 Å². The predicted octanol–water partition coefficient (Wildman–Crippen LogP) is 3.19. The fraction of sp³-hybridized carbons (Fsp3) is 0.588. The molecular weight excluding hydrogens is 276 g/mol. The van der Waals surface area contributed by atoms with E-state index < -0.39 is 0 Å². The number of fused-ring (bicyclic) bond motifs is 1. The van der Waals surface area contributed by atoms with Crippen molar-refractivity contribution in [3.8, 4) is 0 Å². The first-order valence-electron chi connectivity index (χ1n) is 8.11. The zero-order valence-corrected chi connectivity index (χ0v) is 13.8. The molecule has 118 valence electrons. The van der Waals surface area contributed by atoms with Gasteiger partial charge in [0.2, 0.25) is 0 Å². The van der Waals surface area contributed by atoms with E-state index in [2.05, 4.69) is 30.9 Å². The molecule has 1 fully saturated rings. The molecule has 0 bridgehead atoms. The number of aromatic nitrogens is 3. The van der Waals surface area contributed by atoms with Gasteiger partial charge >= 0.3 is 0 Å². The van der Waals surface area contributed by atoms with Crippen molar-refractivity contribution in [3.63, 3.8) is 0 Å². The van der Waals surface area contributed by atoms with E-state index in [4.69, 9.17) is 0 Å². The summed E-state index contributed by atoms with van der Waals surface area (Å²) >= 11 is 0. The number of piperidine rings is 1. The van der Waals surface area contributed by atoms with Crippen molar-refractivity contribution in [1.82, 2.24) is 19.7 Å². The summed E-state index contributed by atoms with van der Waals surface area (Å²) in [6, 6.07) is 2.13. The molecule has 0 spiro atoms. The van der Waals surface area contributed by atoms with E-state index in [9.17, 15) is 4.79 Å². The number of likely N-dealkylation sites (tertiary alicyclic amines) is 1. The quantitative estimate of drug-likeness (QED) is 0.856. The van der Waals surface area contributed by atoms with Crippen molar-refractivity contribution in [2.45, 2.75) is 46.6 Å². The van der Waals surface area contributed by atoms with Gasteiger partial charge in [-0.2, -0.15) is 5.10 Å². The number of amides is 1. The van der Waals surface area contributed by atoms with E-state index in [1.54, 1.807) is 6.20 Å². The molecule has 1 atom stereocenters. The molecule has 0 N–H and O–H groups in total. The van der Waals surface area contributed by atoms with Gasteiger partial charge in [0.25, 0.3) is 5.91 Å². The molecule has 1 aliphatic rings. The summed E-state index contributed by atoms with van der Waals surface area (Å²) in [5.74, 6) is 0.694. The van der Waals surface area contributed by atoms with Gasteiger partial charge in [0.15, 0.2) is 5.65 Å². The summed E-state index contributed by atoms with van der Waals surface area (Å²) in [7, 11) is 0. The van der Waals surface area contributed by atoms with Gasteiger partial charge in [-0.05, 0) is 45.6 Å². The highest BCUT2D eigenvalue weighted by Gasteiger charge is 2.25. The molecule has 1 amide bonds. The number of carbonyl (C=O) groups is 1. The lowest BCUT2D eigenvalue weighted by atomic mass is 9.99. The largest absolute Gasteiger partial charge is 0.338 e. The van der Waals surface area contributed by atoms with Gasteiger partial charge < -0.3 is 4.90 Å². The normalized spacial score (nSPS) is 19.1. The highest BCUT2D eigenvalue weighted by Crippen LogP contribution is 2.24. The van der Waals surface area contributed by atoms with E-state index in [1.165, 1.54) is 6.42 Å². The maximum atomic E-state index is 13.0. The van der Waals surface area contributed by atoms with Gasteiger partial charge in [-0.1, -0.05) is 6.92 Å². The van der Waals surface area contributed by atoms with Crippen LogP contribution < -0.4 is 0 Å². The molecule has 3 rings (SSSR count). The van der Waals surface area contributed by atoms with E-state index in [0.29, 0.717) is 5.92 Å². The van der Waals surface area contributed by atoms with Gasteiger partial charge in [0.1, 0.15) is 0 Å². The van der Waals surface area contributed by atoms with Crippen LogP contribution in [0.4, 0.5) is 0 Å². The molecule has 0 saturated carbocycles. The van der Waals surface area contributed by atoms with Gasteiger partial charge in [-0.3, -0.25) is 4.79 Å². The summed E-state index contributed by atoms with van der Waals surface area (Å²) in [5.41, 5.74) is 2.41. The van der Waals surface area contributed by atoms with Crippen LogP contribution in [0.1, 0.15) is 55.7 Å². The topological polar surface area (TPSA) is 51.0 Å². The van der Waals surface area contributed by atoms with Crippen molar-refractivity contribution in [2.75, 3.05) is 13.1 Å². The van der Waals surface area contributed by atoms with Crippen LogP contribution in [0.5, 0.6) is 0 Å². The molecule has 5 nitrogen and oxygen atoms in total. The molecular formula is C17H24N4O. The monoisotopic (exact) mass is 300 g/mol. The summed E-state index contributed by atoms with van der Waals surface area (Å²) < 4.78 is 1.89. The molecule has 0 aromatic carbocycles. The highest BCUT2D eigenvalue weighted by atomic mass is 16.2. The minimum absolute atomic E-state index is 0.116. The number of hydrogen-bond donors (Lipinski definition) is 0. The molecule has 2 aromatic heterocycles. The Morgan fingerprint density at radius 2 is 2.18 bits per heavy atom. The molecule has 1 saturated heterocycles. The Hall–Kier alpha value is -1.91. The SMILES string of the molecule is Cc1cc(C(=O)N2CCCC(C)C2)c2cnn(C(C)C)c2n1. The third kappa shape index (κ3) is 2.60. The van der Waals surface area contributed by atoms with Crippen molar-refractivity contribution in [1.29, 1.82) is 0 Å². The zero-order chi connectivity index (χ0) is 15.9. The molecule has 0 aliphatic carbocycles. The summed E-state index contributed by atoms with van der Waals surface area (Å²) in [6.07, 6.45) is 4.08. The van der Waals surface area contributed by atoms with Crippen LogP contribution in [0.15, 0.2) is 12.3 Å².